The lowest BCUT2D eigenvalue weighted by Crippen LogP contribution is -2.03. The number of carboxylic acids is 1. The van der Waals surface area contributed by atoms with Gasteiger partial charge in [-0.05, 0) is 12.1 Å². The van der Waals surface area contributed by atoms with Crippen LogP contribution in [0.3, 0.4) is 0 Å². The molecular formula is C13H9BrClNO3. The molecule has 0 atom stereocenters. The van der Waals surface area contributed by atoms with Gasteiger partial charge in [0.25, 0.3) is 0 Å². The summed E-state index contributed by atoms with van der Waals surface area (Å²) in [5, 5.41) is 8.95. The second-order valence-electron chi connectivity index (χ2n) is 3.66. The van der Waals surface area contributed by atoms with Crippen LogP contribution in [0.2, 0.25) is 5.02 Å². The molecule has 0 saturated heterocycles. The SMILES string of the molecule is O=C(O)c1ccnc(OCc2ccccc2Br)c1Cl. The number of carbonyl (C=O) groups is 1. The molecule has 0 aliphatic rings. The van der Waals surface area contributed by atoms with Crippen LogP contribution in [0, 0.1) is 0 Å². The van der Waals surface area contributed by atoms with Gasteiger partial charge in [-0.2, -0.15) is 0 Å². The first-order chi connectivity index (χ1) is 9.09. The molecule has 1 heterocycles. The number of nitrogens with zero attached hydrogens (tertiary/aromatic N) is 1. The summed E-state index contributed by atoms with van der Waals surface area (Å²) < 4.78 is 6.36. The van der Waals surface area contributed by atoms with Crippen molar-refractivity contribution >= 4 is 33.5 Å². The van der Waals surface area contributed by atoms with Gasteiger partial charge in [0.05, 0.1) is 5.56 Å². The summed E-state index contributed by atoms with van der Waals surface area (Å²) in [5.74, 6) is -1.00. The molecule has 2 aromatic rings. The average molecular weight is 343 g/mol. The van der Waals surface area contributed by atoms with Gasteiger partial charge in [-0.3, -0.25) is 0 Å². The molecule has 0 amide bonds. The van der Waals surface area contributed by atoms with Crippen LogP contribution in [0.4, 0.5) is 0 Å². The molecule has 1 aromatic carbocycles. The molecule has 0 bridgehead atoms. The van der Waals surface area contributed by atoms with Crippen molar-refractivity contribution in [3.8, 4) is 5.88 Å². The number of hydrogen-bond donors (Lipinski definition) is 1. The quantitative estimate of drug-likeness (QED) is 0.918. The Morgan fingerprint density at radius 2 is 2.11 bits per heavy atom. The number of hydrogen-bond acceptors (Lipinski definition) is 3. The Bertz CT molecular complexity index is 619. The van der Waals surface area contributed by atoms with Gasteiger partial charge in [0.2, 0.25) is 5.88 Å². The topological polar surface area (TPSA) is 59.4 Å². The molecule has 2 rings (SSSR count). The molecule has 1 N–H and O–H groups in total. The van der Waals surface area contributed by atoms with Crippen molar-refractivity contribution in [3.63, 3.8) is 0 Å². The Morgan fingerprint density at radius 3 is 2.79 bits per heavy atom. The van der Waals surface area contributed by atoms with Gasteiger partial charge in [-0.25, -0.2) is 9.78 Å². The van der Waals surface area contributed by atoms with Gasteiger partial charge >= 0.3 is 5.97 Å². The Balaban J connectivity index is 2.19. The first kappa shape index (κ1) is 13.8. The third-order valence-electron chi connectivity index (χ3n) is 2.41. The van der Waals surface area contributed by atoms with E-state index < -0.39 is 5.97 Å². The van der Waals surface area contributed by atoms with Gasteiger partial charge in [0, 0.05) is 16.2 Å². The molecule has 0 aliphatic carbocycles. The molecule has 6 heteroatoms. The summed E-state index contributed by atoms with van der Waals surface area (Å²) in [4.78, 5) is 14.9. The van der Waals surface area contributed by atoms with E-state index in [1.807, 2.05) is 24.3 Å². The summed E-state index contributed by atoms with van der Waals surface area (Å²) >= 11 is 9.33. The smallest absolute Gasteiger partial charge is 0.337 e. The third kappa shape index (κ3) is 3.24. The normalized spacial score (nSPS) is 10.2. The second kappa shape index (κ2) is 6.04. The summed E-state index contributed by atoms with van der Waals surface area (Å²) in [6.07, 6.45) is 1.35. The van der Waals surface area contributed by atoms with Crippen molar-refractivity contribution < 1.29 is 14.6 Å². The molecule has 98 valence electrons. The minimum absolute atomic E-state index is 0.00190. The van der Waals surface area contributed by atoms with Crippen molar-refractivity contribution in [2.24, 2.45) is 0 Å². The molecule has 0 unspecified atom stereocenters. The number of aromatic carboxylic acids is 1. The fourth-order valence-corrected chi connectivity index (χ4v) is 2.10. The van der Waals surface area contributed by atoms with Crippen LogP contribution in [0.25, 0.3) is 0 Å². The summed E-state index contributed by atoms with van der Waals surface area (Å²) in [7, 11) is 0. The minimum Gasteiger partial charge on any atom is -0.478 e. The Kier molecular flexibility index (Phi) is 4.39. The average Bonchev–Trinajstić information content (AvgIpc) is 2.39. The molecule has 0 fully saturated rings. The minimum atomic E-state index is -1.11. The molecule has 0 aliphatic heterocycles. The van der Waals surface area contributed by atoms with Crippen LogP contribution >= 0.6 is 27.5 Å². The highest BCUT2D eigenvalue weighted by atomic mass is 79.9. The monoisotopic (exact) mass is 341 g/mol. The summed E-state index contributed by atoms with van der Waals surface area (Å²) in [5.41, 5.74) is 0.889. The lowest BCUT2D eigenvalue weighted by molar-refractivity contribution is 0.0696. The number of ether oxygens (including phenoxy) is 1. The standard InChI is InChI=1S/C13H9BrClNO3/c14-10-4-2-1-3-8(10)7-19-12-11(15)9(13(17)18)5-6-16-12/h1-6H,7H2,(H,17,18). The zero-order valence-electron chi connectivity index (χ0n) is 9.64. The van der Waals surface area contributed by atoms with Crippen molar-refractivity contribution in [2.45, 2.75) is 6.61 Å². The number of pyridine rings is 1. The van der Waals surface area contributed by atoms with E-state index in [0.717, 1.165) is 10.0 Å². The Hall–Kier alpha value is -1.59. The van der Waals surface area contributed by atoms with Crippen molar-refractivity contribution in [1.29, 1.82) is 0 Å². The first-order valence-electron chi connectivity index (χ1n) is 5.33. The lowest BCUT2D eigenvalue weighted by atomic mass is 10.2. The van der Waals surface area contributed by atoms with E-state index in [4.69, 9.17) is 21.4 Å². The number of aromatic nitrogens is 1. The van der Waals surface area contributed by atoms with Gasteiger partial charge < -0.3 is 9.84 Å². The molecule has 4 nitrogen and oxygen atoms in total. The summed E-state index contributed by atoms with van der Waals surface area (Å²) in [6, 6.07) is 8.88. The molecule has 0 spiro atoms. The molecule has 0 radical (unpaired) electrons. The van der Waals surface area contributed by atoms with Crippen LogP contribution in [-0.4, -0.2) is 16.1 Å². The zero-order valence-corrected chi connectivity index (χ0v) is 12.0. The van der Waals surface area contributed by atoms with Gasteiger partial charge in [-0.1, -0.05) is 45.7 Å². The van der Waals surface area contributed by atoms with E-state index in [1.54, 1.807) is 0 Å². The highest BCUT2D eigenvalue weighted by molar-refractivity contribution is 9.10. The van der Waals surface area contributed by atoms with E-state index in [0.29, 0.717) is 0 Å². The van der Waals surface area contributed by atoms with Gasteiger partial charge in [0.15, 0.2) is 0 Å². The third-order valence-corrected chi connectivity index (χ3v) is 3.55. The maximum atomic E-state index is 10.9. The van der Waals surface area contributed by atoms with Crippen LogP contribution in [-0.2, 0) is 6.61 Å². The molecular weight excluding hydrogens is 334 g/mol. The molecule has 19 heavy (non-hydrogen) atoms. The van der Waals surface area contributed by atoms with E-state index >= 15 is 0 Å². The van der Waals surface area contributed by atoms with Crippen molar-refractivity contribution in [3.05, 3.63) is 57.2 Å². The largest absolute Gasteiger partial charge is 0.478 e. The van der Waals surface area contributed by atoms with E-state index in [-0.39, 0.29) is 23.1 Å². The van der Waals surface area contributed by atoms with E-state index in [2.05, 4.69) is 20.9 Å². The highest BCUT2D eigenvalue weighted by Crippen LogP contribution is 2.27. The fraction of sp³-hybridized carbons (Fsp3) is 0.0769. The second-order valence-corrected chi connectivity index (χ2v) is 4.90. The zero-order chi connectivity index (χ0) is 13.8. The van der Waals surface area contributed by atoms with Crippen LogP contribution < -0.4 is 4.74 Å². The van der Waals surface area contributed by atoms with E-state index in [1.165, 1.54) is 12.3 Å². The van der Waals surface area contributed by atoms with Crippen molar-refractivity contribution in [1.82, 2.24) is 4.98 Å². The number of rotatable bonds is 4. The fourth-order valence-electron chi connectivity index (χ4n) is 1.45. The number of halogens is 2. The van der Waals surface area contributed by atoms with Crippen LogP contribution in [0.15, 0.2) is 41.0 Å². The number of carboxylic acid groups (broad SMARTS) is 1. The van der Waals surface area contributed by atoms with Crippen LogP contribution in [0.5, 0.6) is 5.88 Å². The maximum Gasteiger partial charge on any atom is 0.337 e. The van der Waals surface area contributed by atoms with E-state index in [9.17, 15) is 4.79 Å². The summed E-state index contributed by atoms with van der Waals surface area (Å²) in [6.45, 7) is 0.247. The van der Waals surface area contributed by atoms with Gasteiger partial charge in [-0.15, -0.1) is 0 Å². The molecule has 1 aromatic heterocycles. The lowest BCUT2D eigenvalue weighted by Gasteiger charge is -2.09. The Labute approximate surface area is 123 Å². The maximum absolute atomic E-state index is 10.9. The predicted octanol–water partition coefficient (Wildman–Crippen LogP) is 3.77. The Morgan fingerprint density at radius 1 is 1.37 bits per heavy atom. The van der Waals surface area contributed by atoms with Crippen molar-refractivity contribution in [2.75, 3.05) is 0 Å². The first-order valence-corrected chi connectivity index (χ1v) is 6.50. The highest BCUT2D eigenvalue weighted by Gasteiger charge is 2.14. The van der Waals surface area contributed by atoms with Gasteiger partial charge in [0.1, 0.15) is 11.6 Å². The molecule has 0 saturated carbocycles. The predicted molar refractivity (Wildman–Crippen MR) is 74.7 cm³/mol. The number of benzene rings is 1. The van der Waals surface area contributed by atoms with Crippen LogP contribution in [0.1, 0.15) is 15.9 Å².